The Morgan fingerprint density at radius 2 is 2.00 bits per heavy atom. The highest BCUT2D eigenvalue weighted by Crippen LogP contribution is 2.24. The summed E-state index contributed by atoms with van der Waals surface area (Å²) in [5, 5.41) is 3.36. The molecule has 2 aromatic heterocycles. The molecule has 1 aliphatic rings. The molecule has 2 aromatic rings. The molecule has 3 rings (SSSR count). The minimum Gasteiger partial charge on any atom is -0.461 e. The van der Waals surface area contributed by atoms with Crippen LogP contribution in [0, 0.1) is 13.8 Å². The Labute approximate surface area is 112 Å². The van der Waals surface area contributed by atoms with Crippen LogP contribution in [-0.2, 0) is 0 Å². The van der Waals surface area contributed by atoms with Gasteiger partial charge in [0, 0.05) is 37.4 Å². The maximum absolute atomic E-state index is 5.40. The van der Waals surface area contributed by atoms with Crippen molar-refractivity contribution in [3.05, 3.63) is 29.7 Å². The average molecular weight is 258 g/mol. The van der Waals surface area contributed by atoms with Crippen LogP contribution in [0.4, 0.5) is 5.82 Å². The Balaban J connectivity index is 2.02. The van der Waals surface area contributed by atoms with Gasteiger partial charge in [-0.15, -0.1) is 0 Å². The van der Waals surface area contributed by atoms with Crippen LogP contribution in [0.25, 0.3) is 11.6 Å². The smallest absolute Gasteiger partial charge is 0.197 e. The van der Waals surface area contributed by atoms with E-state index < -0.39 is 0 Å². The van der Waals surface area contributed by atoms with Crippen LogP contribution in [0.3, 0.4) is 0 Å². The number of furan rings is 1. The van der Waals surface area contributed by atoms with E-state index in [4.69, 9.17) is 9.40 Å². The highest BCUT2D eigenvalue weighted by atomic mass is 16.3. The Bertz CT molecular complexity index is 559. The van der Waals surface area contributed by atoms with Gasteiger partial charge in [-0.2, -0.15) is 0 Å². The number of piperazine rings is 1. The van der Waals surface area contributed by atoms with Crippen molar-refractivity contribution >= 4 is 5.82 Å². The summed E-state index contributed by atoms with van der Waals surface area (Å²) in [5.41, 5.74) is 2.16. The molecule has 0 saturated carbocycles. The SMILES string of the molecule is Cc1nc(-c2ccco2)nc(N2CCNCC2)c1C. The predicted octanol–water partition coefficient (Wildman–Crippen LogP) is 1.76. The third-order valence-corrected chi connectivity index (χ3v) is 3.52. The van der Waals surface area contributed by atoms with E-state index >= 15 is 0 Å². The van der Waals surface area contributed by atoms with Gasteiger partial charge in [-0.05, 0) is 26.0 Å². The fourth-order valence-corrected chi connectivity index (χ4v) is 2.31. The van der Waals surface area contributed by atoms with Crippen molar-refractivity contribution in [2.75, 3.05) is 31.1 Å². The van der Waals surface area contributed by atoms with Gasteiger partial charge in [0.1, 0.15) is 5.82 Å². The lowest BCUT2D eigenvalue weighted by Crippen LogP contribution is -2.44. The summed E-state index contributed by atoms with van der Waals surface area (Å²) in [4.78, 5) is 11.5. The van der Waals surface area contributed by atoms with E-state index in [1.54, 1.807) is 6.26 Å². The number of hydrogen-bond acceptors (Lipinski definition) is 5. The number of nitrogens with zero attached hydrogens (tertiary/aromatic N) is 3. The summed E-state index contributed by atoms with van der Waals surface area (Å²) >= 11 is 0. The lowest BCUT2D eigenvalue weighted by atomic mass is 10.2. The second-order valence-corrected chi connectivity index (χ2v) is 4.80. The van der Waals surface area contributed by atoms with Crippen molar-refractivity contribution in [3.63, 3.8) is 0 Å². The molecule has 0 radical (unpaired) electrons. The molecule has 0 unspecified atom stereocenters. The lowest BCUT2D eigenvalue weighted by molar-refractivity contribution is 0.572. The van der Waals surface area contributed by atoms with Crippen LogP contribution >= 0.6 is 0 Å². The van der Waals surface area contributed by atoms with E-state index in [1.165, 1.54) is 0 Å². The highest BCUT2D eigenvalue weighted by Gasteiger charge is 2.18. The third kappa shape index (κ3) is 2.33. The Kier molecular flexibility index (Phi) is 3.21. The molecule has 1 fully saturated rings. The van der Waals surface area contributed by atoms with E-state index in [9.17, 15) is 0 Å². The standard InChI is InChI=1S/C14H18N4O/c1-10-11(2)16-13(12-4-3-9-19-12)17-14(10)18-7-5-15-6-8-18/h3-4,9,15H,5-8H2,1-2H3. The highest BCUT2D eigenvalue weighted by molar-refractivity contribution is 5.56. The van der Waals surface area contributed by atoms with Gasteiger partial charge in [0.25, 0.3) is 0 Å². The number of aromatic nitrogens is 2. The molecule has 0 atom stereocenters. The average Bonchev–Trinajstić information content (AvgIpc) is 2.97. The van der Waals surface area contributed by atoms with Crippen molar-refractivity contribution in [3.8, 4) is 11.6 Å². The minimum absolute atomic E-state index is 0.668. The summed E-state index contributed by atoms with van der Waals surface area (Å²) in [6, 6.07) is 3.75. The van der Waals surface area contributed by atoms with Gasteiger partial charge in [0.2, 0.25) is 0 Å². The molecule has 100 valence electrons. The van der Waals surface area contributed by atoms with E-state index in [0.29, 0.717) is 5.82 Å². The molecule has 1 N–H and O–H groups in total. The summed E-state index contributed by atoms with van der Waals surface area (Å²) in [5.74, 6) is 2.42. The number of anilines is 1. The number of nitrogens with one attached hydrogen (secondary N) is 1. The summed E-state index contributed by atoms with van der Waals surface area (Å²) < 4.78 is 5.40. The lowest BCUT2D eigenvalue weighted by Gasteiger charge is -2.30. The minimum atomic E-state index is 0.668. The second kappa shape index (κ2) is 5.01. The first-order valence-electron chi connectivity index (χ1n) is 6.60. The second-order valence-electron chi connectivity index (χ2n) is 4.80. The van der Waals surface area contributed by atoms with Gasteiger partial charge in [0.15, 0.2) is 11.6 Å². The van der Waals surface area contributed by atoms with Gasteiger partial charge in [0.05, 0.1) is 6.26 Å². The number of aryl methyl sites for hydroxylation is 1. The number of rotatable bonds is 2. The molecule has 5 heteroatoms. The normalized spacial score (nSPS) is 15.8. The van der Waals surface area contributed by atoms with E-state index in [0.717, 1.165) is 49.0 Å². The van der Waals surface area contributed by atoms with Crippen LogP contribution in [0.2, 0.25) is 0 Å². The van der Waals surface area contributed by atoms with Crippen LogP contribution in [0.1, 0.15) is 11.3 Å². The fraction of sp³-hybridized carbons (Fsp3) is 0.429. The van der Waals surface area contributed by atoms with Gasteiger partial charge >= 0.3 is 0 Å². The largest absolute Gasteiger partial charge is 0.461 e. The van der Waals surface area contributed by atoms with Gasteiger partial charge in [-0.3, -0.25) is 0 Å². The molecule has 0 spiro atoms. The van der Waals surface area contributed by atoms with Crippen molar-refractivity contribution in [1.29, 1.82) is 0 Å². The van der Waals surface area contributed by atoms with Gasteiger partial charge < -0.3 is 14.6 Å². The van der Waals surface area contributed by atoms with Crippen LogP contribution in [0.15, 0.2) is 22.8 Å². The molecule has 0 aromatic carbocycles. The topological polar surface area (TPSA) is 54.2 Å². The van der Waals surface area contributed by atoms with Crippen LogP contribution in [-0.4, -0.2) is 36.1 Å². The Morgan fingerprint density at radius 3 is 2.68 bits per heavy atom. The maximum Gasteiger partial charge on any atom is 0.197 e. The van der Waals surface area contributed by atoms with Crippen molar-refractivity contribution in [2.24, 2.45) is 0 Å². The molecule has 1 saturated heterocycles. The molecule has 19 heavy (non-hydrogen) atoms. The number of hydrogen-bond donors (Lipinski definition) is 1. The third-order valence-electron chi connectivity index (χ3n) is 3.52. The van der Waals surface area contributed by atoms with E-state index in [2.05, 4.69) is 22.1 Å². The summed E-state index contributed by atoms with van der Waals surface area (Å²) in [7, 11) is 0. The summed E-state index contributed by atoms with van der Waals surface area (Å²) in [6.45, 7) is 8.06. The molecule has 3 heterocycles. The first-order valence-corrected chi connectivity index (χ1v) is 6.60. The molecule has 1 aliphatic heterocycles. The van der Waals surface area contributed by atoms with Crippen molar-refractivity contribution in [2.45, 2.75) is 13.8 Å². The zero-order chi connectivity index (χ0) is 13.2. The molecular weight excluding hydrogens is 240 g/mol. The predicted molar refractivity (Wildman–Crippen MR) is 74.3 cm³/mol. The van der Waals surface area contributed by atoms with Gasteiger partial charge in [-0.25, -0.2) is 9.97 Å². The maximum atomic E-state index is 5.40. The summed E-state index contributed by atoms with van der Waals surface area (Å²) in [6.07, 6.45) is 1.65. The fourth-order valence-electron chi connectivity index (χ4n) is 2.31. The zero-order valence-electron chi connectivity index (χ0n) is 11.3. The van der Waals surface area contributed by atoms with E-state index in [-0.39, 0.29) is 0 Å². The van der Waals surface area contributed by atoms with Crippen molar-refractivity contribution < 1.29 is 4.42 Å². The Morgan fingerprint density at radius 1 is 1.21 bits per heavy atom. The van der Waals surface area contributed by atoms with Crippen LogP contribution in [0.5, 0.6) is 0 Å². The molecule has 0 amide bonds. The monoisotopic (exact) mass is 258 g/mol. The van der Waals surface area contributed by atoms with Crippen molar-refractivity contribution in [1.82, 2.24) is 15.3 Å². The first-order chi connectivity index (χ1) is 9.25. The van der Waals surface area contributed by atoms with Crippen LogP contribution < -0.4 is 10.2 Å². The molecule has 0 bridgehead atoms. The Hall–Kier alpha value is -1.88. The zero-order valence-corrected chi connectivity index (χ0v) is 11.3. The first kappa shape index (κ1) is 12.2. The van der Waals surface area contributed by atoms with Gasteiger partial charge in [-0.1, -0.05) is 0 Å². The molecular formula is C14H18N4O. The van der Waals surface area contributed by atoms with E-state index in [1.807, 2.05) is 19.1 Å². The molecule has 5 nitrogen and oxygen atoms in total. The quantitative estimate of drug-likeness (QED) is 0.889. The molecule has 0 aliphatic carbocycles.